The average Bonchev–Trinajstić information content (AvgIpc) is 2.09. The van der Waals surface area contributed by atoms with Crippen LogP contribution >= 0.6 is 0 Å². The van der Waals surface area contributed by atoms with Crippen LogP contribution in [0.5, 0.6) is 5.75 Å². The summed E-state index contributed by atoms with van der Waals surface area (Å²) in [6, 6.07) is 4.68. The van der Waals surface area contributed by atoms with Crippen LogP contribution < -0.4 is 5.63 Å². The summed E-state index contributed by atoms with van der Waals surface area (Å²) in [4.78, 5) is 15.0. The molecule has 0 bridgehead atoms. The van der Waals surface area contributed by atoms with Gasteiger partial charge in [-0.25, -0.2) is 9.78 Å². The van der Waals surface area contributed by atoms with E-state index in [-0.39, 0.29) is 11.4 Å². The zero-order valence-electron chi connectivity index (χ0n) is 6.94. The van der Waals surface area contributed by atoms with Crippen molar-refractivity contribution in [3.63, 3.8) is 0 Å². The van der Waals surface area contributed by atoms with Gasteiger partial charge in [-0.3, -0.25) is 0 Å². The van der Waals surface area contributed by atoms with Crippen LogP contribution in [-0.4, -0.2) is 10.1 Å². The first-order valence-corrected chi connectivity index (χ1v) is 3.78. The van der Waals surface area contributed by atoms with Crippen LogP contribution in [-0.2, 0) is 0 Å². The van der Waals surface area contributed by atoms with Gasteiger partial charge in [0.2, 0.25) is 0 Å². The van der Waals surface area contributed by atoms with Gasteiger partial charge in [0.25, 0.3) is 0 Å². The van der Waals surface area contributed by atoms with Crippen LogP contribution in [0.15, 0.2) is 27.4 Å². The molecule has 0 fully saturated rings. The second-order valence-electron chi connectivity index (χ2n) is 2.71. The smallest absolute Gasteiger partial charge is 0.357 e. The lowest BCUT2D eigenvalue weighted by Crippen LogP contribution is -2.05. The number of nitrogens with zero attached hydrogens (tertiary/aromatic N) is 1. The number of hydrogen-bond donors (Lipinski definition) is 1. The van der Waals surface area contributed by atoms with E-state index in [0.29, 0.717) is 11.1 Å². The molecule has 0 aliphatic rings. The molecule has 0 radical (unpaired) electrons. The molecule has 1 aromatic heterocycles. The molecule has 0 unspecified atom stereocenters. The zero-order valence-corrected chi connectivity index (χ0v) is 6.94. The SMILES string of the molecule is Cc1nc2c(O)cccc2oc1=O. The Hall–Kier alpha value is -1.84. The summed E-state index contributed by atoms with van der Waals surface area (Å²) < 4.78 is 4.90. The number of fused-ring (bicyclic) bond motifs is 1. The number of aromatic nitrogens is 1. The van der Waals surface area contributed by atoms with E-state index in [4.69, 9.17) is 4.42 Å². The Bertz CT molecular complexity index is 516. The highest BCUT2D eigenvalue weighted by Gasteiger charge is 2.05. The van der Waals surface area contributed by atoms with Crippen molar-refractivity contribution in [2.24, 2.45) is 0 Å². The largest absolute Gasteiger partial charge is 0.506 e. The minimum atomic E-state index is -0.474. The molecular formula is C9H7NO3. The summed E-state index contributed by atoms with van der Waals surface area (Å²) in [5, 5.41) is 9.36. The van der Waals surface area contributed by atoms with E-state index in [2.05, 4.69) is 4.98 Å². The highest BCUT2D eigenvalue weighted by Crippen LogP contribution is 2.20. The minimum absolute atomic E-state index is 0.0179. The second kappa shape index (κ2) is 2.58. The van der Waals surface area contributed by atoms with Crippen molar-refractivity contribution in [3.8, 4) is 5.75 Å². The molecule has 1 N–H and O–H groups in total. The Morgan fingerprint density at radius 2 is 2.23 bits per heavy atom. The first-order chi connectivity index (χ1) is 6.18. The Labute approximate surface area is 73.5 Å². The molecule has 4 nitrogen and oxygen atoms in total. The van der Waals surface area contributed by atoms with E-state index in [0.717, 1.165) is 0 Å². The molecule has 0 aliphatic heterocycles. The third kappa shape index (κ3) is 1.16. The molecule has 2 aromatic rings. The minimum Gasteiger partial charge on any atom is -0.506 e. The van der Waals surface area contributed by atoms with Crippen molar-refractivity contribution in [2.75, 3.05) is 0 Å². The van der Waals surface area contributed by atoms with Gasteiger partial charge in [0.1, 0.15) is 17.0 Å². The maximum Gasteiger partial charge on any atom is 0.357 e. The van der Waals surface area contributed by atoms with E-state index in [9.17, 15) is 9.90 Å². The summed E-state index contributed by atoms with van der Waals surface area (Å²) in [7, 11) is 0. The highest BCUT2D eigenvalue weighted by atomic mass is 16.4. The van der Waals surface area contributed by atoms with Gasteiger partial charge in [0.15, 0.2) is 5.58 Å². The van der Waals surface area contributed by atoms with Crippen molar-refractivity contribution < 1.29 is 9.52 Å². The second-order valence-corrected chi connectivity index (χ2v) is 2.71. The van der Waals surface area contributed by atoms with E-state index >= 15 is 0 Å². The van der Waals surface area contributed by atoms with Crippen molar-refractivity contribution in [1.82, 2.24) is 4.98 Å². The van der Waals surface area contributed by atoms with Gasteiger partial charge in [-0.05, 0) is 19.1 Å². The van der Waals surface area contributed by atoms with Gasteiger partial charge in [0.05, 0.1) is 0 Å². The molecule has 1 aromatic carbocycles. The maximum absolute atomic E-state index is 11.0. The van der Waals surface area contributed by atoms with Crippen LogP contribution in [0.2, 0.25) is 0 Å². The number of benzene rings is 1. The van der Waals surface area contributed by atoms with E-state index in [1.165, 1.54) is 13.0 Å². The lowest BCUT2D eigenvalue weighted by atomic mass is 10.3. The molecular weight excluding hydrogens is 170 g/mol. The van der Waals surface area contributed by atoms with Crippen LogP contribution in [0.3, 0.4) is 0 Å². The Morgan fingerprint density at radius 1 is 1.46 bits per heavy atom. The molecule has 13 heavy (non-hydrogen) atoms. The fourth-order valence-corrected chi connectivity index (χ4v) is 1.09. The Kier molecular flexibility index (Phi) is 1.55. The van der Waals surface area contributed by atoms with Gasteiger partial charge in [0, 0.05) is 0 Å². The number of aryl methyl sites for hydroxylation is 1. The van der Waals surface area contributed by atoms with Gasteiger partial charge >= 0.3 is 5.63 Å². The molecule has 66 valence electrons. The molecule has 1 heterocycles. The van der Waals surface area contributed by atoms with E-state index in [1.54, 1.807) is 12.1 Å². The van der Waals surface area contributed by atoms with E-state index in [1.807, 2.05) is 0 Å². The summed E-state index contributed by atoms with van der Waals surface area (Å²) in [6.45, 7) is 1.54. The number of phenolic OH excluding ortho intramolecular Hbond substituents is 1. The Balaban J connectivity index is 2.97. The number of para-hydroxylation sites is 1. The topological polar surface area (TPSA) is 63.3 Å². The third-order valence-corrected chi connectivity index (χ3v) is 1.76. The van der Waals surface area contributed by atoms with E-state index < -0.39 is 5.63 Å². The Morgan fingerprint density at radius 3 is 3.00 bits per heavy atom. The monoisotopic (exact) mass is 177 g/mol. The number of phenols is 1. The maximum atomic E-state index is 11.0. The lowest BCUT2D eigenvalue weighted by molar-refractivity contribution is 0.476. The number of aromatic hydroxyl groups is 1. The number of rotatable bonds is 0. The van der Waals surface area contributed by atoms with Gasteiger partial charge in [-0.1, -0.05) is 6.07 Å². The van der Waals surface area contributed by atoms with Crippen LogP contribution in [0.1, 0.15) is 5.69 Å². The van der Waals surface area contributed by atoms with Crippen LogP contribution in [0, 0.1) is 6.92 Å². The predicted octanol–water partition coefficient (Wildman–Crippen LogP) is 1.20. The molecule has 0 saturated heterocycles. The standard InChI is InChI=1S/C9H7NO3/c1-5-9(12)13-7-4-2-3-6(11)8(7)10-5/h2-4,11H,1H3. The quantitative estimate of drug-likeness (QED) is 0.656. The van der Waals surface area contributed by atoms with Crippen molar-refractivity contribution in [2.45, 2.75) is 6.92 Å². The van der Waals surface area contributed by atoms with Crippen molar-refractivity contribution in [1.29, 1.82) is 0 Å². The third-order valence-electron chi connectivity index (χ3n) is 1.76. The van der Waals surface area contributed by atoms with Crippen LogP contribution in [0.25, 0.3) is 11.1 Å². The summed E-state index contributed by atoms with van der Waals surface area (Å²) in [6.07, 6.45) is 0. The van der Waals surface area contributed by atoms with Gasteiger partial charge < -0.3 is 9.52 Å². The fourth-order valence-electron chi connectivity index (χ4n) is 1.09. The fraction of sp³-hybridized carbons (Fsp3) is 0.111. The molecule has 0 atom stereocenters. The normalized spacial score (nSPS) is 10.5. The summed E-state index contributed by atoms with van der Waals surface area (Å²) >= 11 is 0. The molecule has 0 saturated carbocycles. The molecule has 0 amide bonds. The first-order valence-electron chi connectivity index (χ1n) is 3.78. The van der Waals surface area contributed by atoms with Crippen LogP contribution in [0.4, 0.5) is 0 Å². The highest BCUT2D eigenvalue weighted by molar-refractivity contribution is 5.78. The average molecular weight is 177 g/mol. The number of hydrogen-bond acceptors (Lipinski definition) is 4. The lowest BCUT2D eigenvalue weighted by Gasteiger charge is -1.98. The summed E-state index contributed by atoms with van der Waals surface area (Å²) in [5.74, 6) is 0.0179. The predicted molar refractivity (Wildman–Crippen MR) is 46.7 cm³/mol. The van der Waals surface area contributed by atoms with Gasteiger partial charge in [-0.15, -0.1) is 0 Å². The zero-order chi connectivity index (χ0) is 9.42. The molecule has 0 aliphatic carbocycles. The van der Waals surface area contributed by atoms with Crippen molar-refractivity contribution in [3.05, 3.63) is 34.3 Å². The molecule has 2 rings (SSSR count). The molecule has 4 heteroatoms. The first kappa shape index (κ1) is 7.79. The molecule has 0 spiro atoms. The van der Waals surface area contributed by atoms with Gasteiger partial charge in [-0.2, -0.15) is 0 Å². The summed E-state index contributed by atoms with van der Waals surface area (Å²) in [5.41, 5.74) is 0.391. The van der Waals surface area contributed by atoms with Crippen molar-refractivity contribution >= 4 is 11.1 Å².